The van der Waals surface area contributed by atoms with E-state index >= 15 is 0 Å². The smallest absolute Gasteiger partial charge is 0.497 e. The van der Waals surface area contributed by atoms with Crippen molar-refractivity contribution >= 4 is 18.2 Å². The van der Waals surface area contributed by atoms with Crippen molar-refractivity contribution in [3.63, 3.8) is 0 Å². The molecule has 3 saturated heterocycles. The highest BCUT2D eigenvalue weighted by molar-refractivity contribution is 6.50. The Kier molecular flexibility index (Phi) is 6.48. The summed E-state index contributed by atoms with van der Waals surface area (Å²) in [5.41, 5.74) is 1.85. The molecule has 3 fully saturated rings. The summed E-state index contributed by atoms with van der Waals surface area (Å²) in [6.07, 6.45) is 5.62. The highest BCUT2D eigenvalue weighted by Gasteiger charge is 2.42. The Morgan fingerprint density at radius 3 is 2.62 bits per heavy atom. The summed E-state index contributed by atoms with van der Waals surface area (Å²) in [5.74, 6) is 2.01. The monoisotopic (exact) mass is 411 g/mol. The number of hydrogen-bond donors (Lipinski definition) is 1. The van der Waals surface area contributed by atoms with Crippen LogP contribution in [0.3, 0.4) is 0 Å². The average molecular weight is 411 g/mol. The minimum atomic E-state index is -6.00. The van der Waals surface area contributed by atoms with Gasteiger partial charge in [-0.25, -0.2) is 0 Å². The molecule has 4 nitrogen and oxygen atoms in total. The van der Waals surface area contributed by atoms with Gasteiger partial charge in [-0.1, -0.05) is 6.08 Å². The number of ether oxygens (including phenoxy) is 1. The Labute approximate surface area is 167 Å². The van der Waals surface area contributed by atoms with Crippen LogP contribution in [-0.2, 0) is 0 Å². The van der Waals surface area contributed by atoms with Gasteiger partial charge in [-0.15, -0.1) is 6.58 Å². The first-order chi connectivity index (χ1) is 13.7. The quantitative estimate of drug-likeness (QED) is 0.458. The number of methoxy groups -OCH3 is 1. The third-order valence-corrected chi connectivity index (χ3v) is 5.82. The highest BCUT2D eigenvalue weighted by atomic mass is 19.5. The molecule has 2 aromatic rings. The van der Waals surface area contributed by atoms with Gasteiger partial charge >= 0.3 is 7.25 Å². The molecular weight excluding hydrogens is 387 g/mol. The molecule has 0 spiro atoms. The Hall–Kier alpha value is -2.13. The molecule has 3 aliphatic heterocycles. The molecule has 1 aromatic carbocycles. The zero-order valence-electron chi connectivity index (χ0n) is 16.1. The van der Waals surface area contributed by atoms with Crippen LogP contribution in [-0.4, -0.2) is 48.5 Å². The Balaban J connectivity index is 0.000000431. The van der Waals surface area contributed by atoms with E-state index < -0.39 is 13.4 Å². The third-order valence-electron chi connectivity index (χ3n) is 5.82. The van der Waals surface area contributed by atoms with E-state index in [1.165, 1.54) is 6.42 Å². The van der Waals surface area contributed by atoms with Crippen LogP contribution in [0, 0.1) is 11.8 Å². The van der Waals surface area contributed by atoms with Gasteiger partial charge in [0, 0.05) is 24.2 Å². The molecule has 3 aliphatic rings. The number of piperidine rings is 3. The Morgan fingerprint density at radius 1 is 1.31 bits per heavy atom. The summed E-state index contributed by atoms with van der Waals surface area (Å²) in [6.45, 7) is 6.07. The number of hydrogen-bond acceptors (Lipinski definition) is 4. The standard InChI is InChI=1S/C20H24N2O2.BF4/c1-3-13-12-22-9-7-14(13)10-19(22)20(23)16-6-8-21-18-5-4-15(24-2)11-17(16)18;2-1(3,4)5/h3-6,8,11,13-14,19-20,23H,1,7,9-10,12H2,2H3;/q;-1/t13-,14-,19-,20+;/m0./s1. The molecule has 1 aromatic heterocycles. The van der Waals surface area contributed by atoms with Gasteiger partial charge in [-0.3, -0.25) is 9.88 Å². The lowest BCUT2D eigenvalue weighted by atomic mass is 9.73. The molecule has 0 radical (unpaired) electrons. The summed E-state index contributed by atoms with van der Waals surface area (Å²) >= 11 is 0. The van der Waals surface area contributed by atoms with Crippen LogP contribution in [0.4, 0.5) is 17.3 Å². The first kappa shape index (κ1) is 21.6. The third kappa shape index (κ3) is 5.08. The zero-order chi connectivity index (χ0) is 21.2. The molecule has 158 valence electrons. The highest BCUT2D eigenvalue weighted by Crippen LogP contribution is 2.42. The van der Waals surface area contributed by atoms with Gasteiger partial charge < -0.3 is 27.1 Å². The number of nitrogens with zero attached hydrogens (tertiary/aromatic N) is 2. The number of aliphatic hydroxyl groups is 1. The first-order valence-electron chi connectivity index (χ1n) is 9.56. The molecule has 0 unspecified atom stereocenters. The van der Waals surface area contributed by atoms with Gasteiger partial charge in [0.2, 0.25) is 0 Å². The number of rotatable bonds is 4. The van der Waals surface area contributed by atoms with Gasteiger partial charge in [0.15, 0.2) is 0 Å². The summed E-state index contributed by atoms with van der Waals surface area (Å²) in [7, 11) is -4.34. The van der Waals surface area contributed by atoms with E-state index in [2.05, 4.69) is 22.5 Å². The molecule has 0 amide bonds. The second kappa shape index (κ2) is 8.71. The molecular formula is C20H24BF4N2O2-. The lowest BCUT2D eigenvalue weighted by molar-refractivity contribution is -0.0444. The van der Waals surface area contributed by atoms with E-state index in [0.29, 0.717) is 11.8 Å². The predicted octanol–water partition coefficient (Wildman–Crippen LogP) is 4.47. The van der Waals surface area contributed by atoms with E-state index in [-0.39, 0.29) is 6.04 Å². The second-order valence-electron chi connectivity index (χ2n) is 7.47. The summed E-state index contributed by atoms with van der Waals surface area (Å²) in [6, 6.07) is 7.96. The van der Waals surface area contributed by atoms with Crippen LogP contribution in [0.1, 0.15) is 24.5 Å². The fourth-order valence-corrected chi connectivity index (χ4v) is 4.44. The predicted molar refractivity (Wildman–Crippen MR) is 105 cm³/mol. The molecule has 0 saturated carbocycles. The largest absolute Gasteiger partial charge is 0.673 e. The summed E-state index contributed by atoms with van der Waals surface area (Å²) in [4.78, 5) is 6.86. The first-order valence-corrected chi connectivity index (χ1v) is 9.56. The summed E-state index contributed by atoms with van der Waals surface area (Å²) < 4.78 is 44.3. The van der Waals surface area contributed by atoms with Crippen LogP contribution in [0.25, 0.3) is 10.9 Å². The Bertz CT molecular complexity index is 858. The number of pyridine rings is 1. The fraction of sp³-hybridized carbons (Fsp3) is 0.450. The molecule has 5 rings (SSSR count). The molecule has 4 heterocycles. The van der Waals surface area contributed by atoms with Gasteiger partial charge in [0.05, 0.1) is 18.7 Å². The van der Waals surface area contributed by atoms with Gasteiger partial charge in [-0.05, 0) is 61.1 Å². The van der Waals surface area contributed by atoms with Crippen molar-refractivity contribution in [2.75, 3.05) is 20.2 Å². The molecule has 5 atom stereocenters. The van der Waals surface area contributed by atoms with Crippen LogP contribution >= 0.6 is 0 Å². The number of benzene rings is 1. The minimum Gasteiger partial charge on any atom is -0.497 e. The van der Waals surface area contributed by atoms with Crippen molar-refractivity contribution in [2.24, 2.45) is 11.8 Å². The number of aromatic nitrogens is 1. The molecule has 29 heavy (non-hydrogen) atoms. The van der Waals surface area contributed by atoms with E-state index in [1.54, 1.807) is 13.3 Å². The maximum absolute atomic E-state index is 11.2. The fourth-order valence-electron chi connectivity index (χ4n) is 4.44. The van der Waals surface area contributed by atoms with Crippen LogP contribution in [0.15, 0.2) is 43.1 Å². The van der Waals surface area contributed by atoms with Crippen molar-refractivity contribution in [3.05, 3.63) is 48.7 Å². The summed E-state index contributed by atoms with van der Waals surface area (Å²) in [5, 5.41) is 12.1. The normalized spacial score (nSPS) is 27.1. The van der Waals surface area contributed by atoms with Crippen LogP contribution < -0.4 is 4.74 Å². The topological polar surface area (TPSA) is 45.6 Å². The minimum absolute atomic E-state index is 0.178. The average Bonchev–Trinajstić information content (AvgIpc) is 2.71. The van der Waals surface area contributed by atoms with Gasteiger partial charge in [-0.2, -0.15) is 0 Å². The van der Waals surface area contributed by atoms with Crippen molar-refractivity contribution in [1.29, 1.82) is 0 Å². The molecule has 0 aliphatic carbocycles. The number of fused-ring (bicyclic) bond motifs is 4. The van der Waals surface area contributed by atoms with Gasteiger partial charge in [0.1, 0.15) is 5.75 Å². The van der Waals surface area contributed by atoms with Crippen LogP contribution in [0.2, 0.25) is 0 Å². The number of halogens is 4. The maximum atomic E-state index is 11.2. The van der Waals surface area contributed by atoms with E-state index in [1.807, 2.05) is 24.3 Å². The van der Waals surface area contributed by atoms with Crippen molar-refractivity contribution in [3.8, 4) is 5.75 Å². The van der Waals surface area contributed by atoms with Crippen molar-refractivity contribution in [2.45, 2.75) is 25.0 Å². The van der Waals surface area contributed by atoms with Crippen LogP contribution in [0.5, 0.6) is 5.75 Å². The zero-order valence-corrected chi connectivity index (χ0v) is 16.1. The van der Waals surface area contributed by atoms with E-state index in [0.717, 1.165) is 41.7 Å². The van der Waals surface area contributed by atoms with E-state index in [4.69, 9.17) is 4.74 Å². The van der Waals surface area contributed by atoms with E-state index in [9.17, 15) is 22.4 Å². The second-order valence-corrected chi connectivity index (χ2v) is 7.47. The van der Waals surface area contributed by atoms with Crippen molar-refractivity contribution in [1.82, 2.24) is 9.88 Å². The molecule has 2 bridgehead atoms. The molecule has 9 heteroatoms. The van der Waals surface area contributed by atoms with Crippen molar-refractivity contribution < 1.29 is 27.1 Å². The van der Waals surface area contributed by atoms with Gasteiger partial charge in [0.25, 0.3) is 0 Å². The lowest BCUT2D eigenvalue weighted by Crippen LogP contribution is -2.54. The maximum Gasteiger partial charge on any atom is 0.673 e. The molecule has 1 N–H and O–H groups in total. The SMILES string of the molecule is C=C[C@H]1C[N@]2CC[C@H]1C[C@H]2[C@H](O)c1ccnc2ccc(OC)cc12.F[B-](F)(F)F. The lowest BCUT2D eigenvalue weighted by Gasteiger charge is -2.50. The Morgan fingerprint density at radius 2 is 2.03 bits per heavy atom. The number of aliphatic hydroxyl groups excluding tert-OH is 1.